The molecule has 3 atom stereocenters. The van der Waals surface area contributed by atoms with Gasteiger partial charge in [0, 0.05) is 18.5 Å². The van der Waals surface area contributed by atoms with E-state index in [0.29, 0.717) is 6.42 Å². The van der Waals surface area contributed by atoms with E-state index in [4.69, 9.17) is 4.74 Å². The van der Waals surface area contributed by atoms with Gasteiger partial charge in [-0.3, -0.25) is 9.59 Å². The summed E-state index contributed by atoms with van der Waals surface area (Å²) >= 11 is 0. The number of nitrogens with one attached hydrogen (secondary N) is 2. The van der Waals surface area contributed by atoms with Gasteiger partial charge in [-0.1, -0.05) is 48.5 Å². The Balaban J connectivity index is 1.15. The fourth-order valence-corrected chi connectivity index (χ4v) is 5.65. The second-order valence-electron chi connectivity index (χ2n) is 10.5. The van der Waals surface area contributed by atoms with Gasteiger partial charge < -0.3 is 20.5 Å². The molecule has 3 unspecified atom stereocenters. The Kier molecular flexibility index (Phi) is 5.38. The van der Waals surface area contributed by atoms with Crippen LogP contribution < -0.4 is 10.6 Å². The number of carboxylic acid groups (broad SMARTS) is 1. The quantitative estimate of drug-likeness (QED) is 0.579. The van der Waals surface area contributed by atoms with Crippen LogP contribution in [0, 0.1) is 16.7 Å². The summed E-state index contributed by atoms with van der Waals surface area (Å²) in [7, 11) is 0. The molecule has 2 amide bonds. The van der Waals surface area contributed by atoms with Crippen LogP contribution in [-0.2, 0) is 14.3 Å². The van der Waals surface area contributed by atoms with Crippen molar-refractivity contribution in [3.05, 3.63) is 59.7 Å². The SMILES string of the molecule is CC(C)(CNC(=O)C12CC(NC(=O)OCC3c4ccccc4-c4ccccc43)CC1C2)C(=O)O. The first-order chi connectivity index (χ1) is 16.2. The topological polar surface area (TPSA) is 105 Å². The number of alkyl carbamates (subject to hydrolysis) is 1. The minimum Gasteiger partial charge on any atom is -0.481 e. The number of rotatable bonds is 7. The summed E-state index contributed by atoms with van der Waals surface area (Å²) in [4.78, 5) is 36.7. The lowest BCUT2D eigenvalue weighted by atomic mass is 9.93. The number of ether oxygens (including phenoxy) is 1. The van der Waals surface area contributed by atoms with E-state index in [1.165, 1.54) is 22.3 Å². The van der Waals surface area contributed by atoms with Gasteiger partial charge in [0.1, 0.15) is 6.61 Å². The van der Waals surface area contributed by atoms with E-state index >= 15 is 0 Å². The van der Waals surface area contributed by atoms with E-state index in [0.717, 1.165) is 12.8 Å². The van der Waals surface area contributed by atoms with Gasteiger partial charge in [0.2, 0.25) is 5.91 Å². The van der Waals surface area contributed by atoms with E-state index in [-0.39, 0.29) is 36.9 Å². The Morgan fingerprint density at radius 3 is 2.26 bits per heavy atom. The molecule has 7 nitrogen and oxygen atoms in total. The van der Waals surface area contributed by atoms with Crippen LogP contribution in [0.3, 0.4) is 0 Å². The van der Waals surface area contributed by atoms with Crippen molar-refractivity contribution in [1.29, 1.82) is 0 Å². The fourth-order valence-electron chi connectivity index (χ4n) is 5.65. The Morgan fingerprint density at radius 2 is 1.65 bits per heavy atom. The first kappa shape index (κ1) is 22.4. The van der Waals surface area contributed by atoms with E-state index in [1.54, 1.807) is 13.8 Å². The first-order valence-electron chi connectivity index (χ1n) is 11.8. The Hall–Kier alpha value is -3.35. The molecule has 3 aliphatic rings. The smallest absolute Gasteiger partial charge is 0.407 e. The van der Waals surface area contributed by atoms with Crippen molar-refractivity contribution in [2.24, 2.45) is 16.7 Å². The third kappa shape index (κ3) is 3.83. The van der Waals surface area contributed by atoms with Crippen molar-refractivity contribution in [3.8, 4) is 11.1 Å². The van der Waals surface area contributed by atoms with Gasteiger partial charge in [-0.2, -0.15) is 0 Å². The first-order valence-corrected chi connectivity index (χ1v) is 11.8. The zero-order valence-corrected chi connectivity index (χ0v) is 19.5. The van der Waals surface area contributed by atoms with Crippen molar-refractivity contribution in [2.75, 3.05) is 13.2 Å². The zero-order valence-electron chi connectivity index (χ0n) is 19.5. The maximum absolute atomic E-state index is 12.8. The minimum absolute atomic E-state index is 0.00448. The Morgan fingerprint density at radius 1 is 1.03 bits per heavy atom. The third-order valence-corrected chi connectivity index (χ3v) is 7.80. The molecule has 0 aromatic heterocycles. The van der Waals surface area contributed by atoms with Crippen molar-refractivity contribution in [2.45, 2.75) is 45.1 Å². The largest absolute Gasteiger partial charge is 0.481 e. The molecule has 3 N–H and O–H groups in total. The number of aliphatic carboxylic acids is 1. The fraction of sp³-hybridized carbons (Fsp3) is 0.444. The lowest BCUT2D eigenvalue weighted by molar-refractivity contribution is -0.147. The van der Waals surface area contributed by atoms with Crippen LogP contribution in [0.1, 0.15) is 50.2 Å². The molecule has 7 heteroatoms. The van der Waals surface area contributed by atoms with Crippen LogP contribution in [0.5, 0.6) is 0 Å². The van der Waals surface area contributed by atoms with E-state index in [1.807, 2.05) is 24.3 Å². The number of hydrogen-bond acceptors (Lipinski definition) is 4. The second-order valence-corrected chi connectivity index (χ2v) is 10.5. The van der Waals surface area contributed by atoms with Gasteiger partial charge >= 0.3 is 12.1 Å². The van der Waals surface area contributed by atoms with Crippen LogP contribution in [0.15, 0.2) is 48.5 Å². The maximum Gasteiger partial charge on any atom is 0.407 e. The maximum atomic E-state index is 12.8. The normalized spacial score (nSPS) is 24.5. The van der Waals surface area contributed by atoms with Crippen molar-refractivity contribution >= 4 is 18.0 Å². The molecule has 0 heterocycles. The monoisotopic (exact) mass is 462 g/mol. The summed E-state index contributed by atoms with van der Waals surface area (Å²) in [5.74, 6) is -0.827. The lowest BCUT2D eigenvalue weighted by Gasteiger charge is -2.22. The van der Waals surface area contributed by atoms with Gasteiger partial charge in [-0.15, -0.1) is 0 Å². The Bertz CT molecular complexity index is 1110. The molecule has 5 rings (SSSR count). The number of carboxylic acids is 1. The predicted molar refractivity (Wildman–Crippen MR) is 126 cm³/mol. The number of carbonyl (C=O) groups excluding carboxylic acids is 2. The average molecular weight is 463 g/mol. The summed E-state index contributed by atoms with van der Waals surface area (Å²) in [5.41, 5.74) is 3.19. The molecular formula is C27H30N2O5. The zero-order chi connectivity index (χ0) is 24.1. The molecular weight excluding hydrogens is 432 g/mol. The lowest BCUT2D eigenvalue weighted by Crippen LogP contribution is -2.43. The highest BCUT2D eigenvalue weighted by atomic mass is 16.5. The van der Waals surface area contributed by atoms with Crippen LogP contribution in [0.25, 0.3) is 11.1 Å². The second kappa shape index (κ2) is 8.15. The van der Waals surface area contributed by atoms with Crippen LogP contribution in [0.2, 0.25) is 0 Å². The van der Waals surface area contributed by atoms with E-state index < -0.39 is 22.9 Å². The molecule has 0 aliphatic heterocycles. The standard InChI is InChI=1S/C27H30N2O5/c1-26(2,24(31)32)15-28-23(30)27-12-16(27)11-17(13-27)29-25(33)34-14-22-20-9-5-3-7-18(20)19-8-4-6-10-21(19)22/h3-10,16-17,22H,11-15H2,1-2H3,(H,28,30)(H,29,33)(H,31,32). The number of carbonyl (C=O) groups is 3. The molecule has 0 bridgehead atoms. The molecule has 0 spiro atoms. The molecule has 0 saturated heterocycles. The molecule has 178 valence electrons. The van der Waals surface area contributed by atoms with E-state index in [2.05, 4.69) is 34.9 Å². The number of amides is 2. The van der Waals surface area contributed by atoms with Gasteiger partial charge in [-0.05, 0) is 61.3 Å². The summed E-state index contributed by atoms with van der Waals surface area (Å²) in [6, 6.07) is 16.3. The summed E-state index contributed by atoms with van der Waals surface area (Å²) in [6.07, 6.45) is 1.62. The Labute approximate surface area is 198 Å². The molecule has 0 radical (unpaired) electrons. The van der Waals surface area contributed by atoms with Crippen LogP contribution in [0.4, 0.5) is 4.79 Å². The van der Waals surface area contributed by atoms with Crippen molar-refractivity contribution < 1.29 is 24.2 Å². The molecule has 2 saturated carbocycles. The van der Waals surface area contributed by atoms with Crippen molar-refractivity contribution in [3.63, 3.8) is 0 Å². The number of hydrogen-bond donors (Lipinski definition) is 3. The highest BCUT2D eigenvalue weighted by Crippen LogP contribution is 2.63. The third-order valence-electron chi connectivity index (χ3n) is 7.80. The minimum atomic E-state index is -1.02. The molecule has 2 aromatic rings. The van der Waals surface area contributed by atoms with Gasteiger partial charge in [0.25, 0.3) is 0 Å². The van der Waals surface area contributed by atoms with Crippen LogP contribution in [-0.4, -0.2) is 42.3 Å². The predicted octanol–water partition coefficient (Wildman–Crippen LogP) is 3.92. The molecule has 2 fully saturated rings. The highest BCUT2D eigenvalue weighted by Gasteiger charge is 2.65. The highest BCUT2D eigenvalue weighted by molar-refractivity contribution is 5.87. The summed E-state index contributed by atoms with van der Waals surface area (Å²) < 4.78 is 5.65. The van der Waals surface area contributed by atoms with Gasteiger partial charge in [0.05, 0.1) is 10.8 Å². The summed E-state index contributed by atoms with van der Waals surface area (Å²) in [6.45, 7) is 3.52. The van der Waals surface area contributed by atoms with Gasteiger partial charge in [0.15, 0.2) is 0 Å². The van der Waals surface area contributed by atoms with Crippen LogP contribution >= 0.6 is 0 Å². The van der Waals surface area contributed by atoms with Gasteiger partial charge in [-0.25, -0.2) is 4.79 Å². The summed E-state index contributed by atoms with van der Waals surface area (Å²) in [5, 5.41) is 15.0. The molecule has 34 heavy (non-hydrogen) atoms. The number of benzene rings is 2. The number of fused-ring (bicyclic) bond motifs is 4. The van der Waals surface area contributed by atoms with Crippen molar-refractivity contribution in [1.82, 2.24) is 10.6 Å². The molecule has 2 aromatic carbocycles. The molecule has 3 aliphatic carbocycles. The average Bonchev–Trinajstić information content (AvgIpc) is 3.24. The van der Waals surface area contributed by atoms with E-state index in [9.17, 15) is 19.5 Å².